The summed E-state index contributed by atoms with van der Waals surface area (Å²) >= 11 is 0. The van der Waals surface area contributed by atoms with Crippen LogP contribution in [0.15, 0.2) is 11.2 Å². The maximum atomic E-state index is 11.6. The fraction of sp³-hybridized carbons (Fsp3) is 0.727. The number of aryl methyl sites for hydroxylation is 1. The zero-order valence-electron chi connectivity index (χ0n) is 11.9. The zero-order valence-corrected chi connectivity index (χ0v) is 14.2. The smallest absolute Gasteiger partial charge is 0.280 e. The van der Waals surface area contributed by atoms with E-state index in [-0.39, 0.29) is 10.9 Å². The van der Waals surface area contributed by atoms with Crippen molar-refractivity contribution in [3.63, 3.8) is 0 Å². The summed E-state index contributed by atoms with van der Waals surface area (Å²) in [5, 5.41) is -0.169. The summed E-state index contributed by atoms with van der Waals surface area (Å²) in [5.41, 5.74) is 0. The molecule has 2 rings (SSSR count). The summed E-state index contributed by atoms with van der Waals surface area (Å²) in [7, 11) is -1.75. The van der Waals surface area contributed by atoms with E-state index in [2.05, 4.69) is 4.98 Å². The molecule has 10 heteroatoms. The summed E-state index contributed by atoms with van der Waals surface area (Å²) < 4.78 is 48.9. The molecule has 1 aliphatic heterocycles. The summed E-state index contributed by atoms with van der Waals surface area (Å²) in [5.74, 6) is 0.679. The minimum Gasteiger partial charge on any atom is -0.333 e. The number of rotatable bonds is 4. The molecule has 0 spiro atoms. The SMILES string of the molecule is Cc1nc(S(=O)(=O)Cl)cn1CC1CCCN(S(C)(=O)=O)C1. The van der Waals surface area contributed by atoms with Crippen molar-refractivity contribution >= 4 is 29.8 Å². The molecule has 1 aliphatic rings. The van der Waals surface area contributed by atoms with Crippen LogP contribution in [0.2, 0.25) is 0 Å². The zero-order chi connectivity index (χ0) is 15.8. The lowest BCUT2D eigenvalue weighted by atomic mass is 10.00. The molecular formula is C11H18ClN3O4S2. The Bertz CT molecular complexity index is 727. The largest absolute Gasteiger partial charge is 0.333 e. The number of aromatic nitrogens is 2. The van der Waals surface area contributed by atoms with Crippen LogP contribution in [0.1, 0.15) is 18.7 Å². The van der Waals surface area contributed by atoms with Gasteiger partial charge in [-0.1, -0.05) is 0 Å². The van der Waals surface area contributed by atoms with Crippen LogP contribution in [0.25, 0.3) is 0 Å². The molecular weight excluding hydrogens is 338 g/mol. The second kappa shape index (κ2) is 5.86. The van der Waals surface area contributed by atoms with Gasteiger partial charge in [-0.2, -0.15) is 0 Å². The van der Waals surface area contributed by atoms with Crippen molar-refractivity contribution in [1.29, 1.82) is 0 Å². The van der Waals surface area contributed by atoms with E-state index in [1.165, 1.54) is 16.8 Å². The van der Waals surface area contributed by atoms with E-state index in [4.69, 9.17) is 10.7 Å². The predicted molar refractivity (Wildman–Crippen MR) is 79.1 cm³/mol. The van der Waals surface area contributed by atoms with Crippen LogP contribution in [0.3, 0.4) is 0 Å². The number of sulfonamides is 1. The Labute approximate surface area is 129 Å². The molecule has 1 aromatic rings. The maximum absolute atomic E-state index is 11.6. The number of imidazole rings is 1. The van der Waals surface area contributed by atoms with Crippen LogP contribution < -0.4 is 0 Å². The van der Waals surface area contributed by atoms with Gasteiger partial charge in [0.05, 0.1) is 6.26 Å². The molecule has 1 atom stereocenters. The first-order chi connectivity index (χ1) is 9.57. The highest BCUT2D eigenvalue weighted by Gasteiger charge is 2.27. The number of hydrogen-bond acceptors (Lipinski definition) is 5. The Morgan fingerprint density at radius 1 is 1.38 bits per heavy atom. The maximum Gasteiger partial charge on any atom is 0.280 e. The Morgan fingerprint density at radius 2 is 2.05 bits per heavy atom. The number of halogens is 1. The van der Waals surface area contributed by atoms with Gasteiger partial charge in [0, 0.05) is 36.5 Å². The first-order valence-corrected chi connectivity index (χ1v) is 10.7. The van der Waals surface area contributed by atoms with Crippen LogP contribution >= 0.6 is 10.7 Å². The van der Waals surface area contributed by atoms with Crippen LogP contribution in [0, 0.1) is 12.8 Å². The van der Waals surface area contributed by atoms with E-state index in [0.29, 0.717) is 25.5 Å². The van der Waals surface area contributed by atoms with Gasteiger partial charge in [0.1, 0.15) is 5.82 Å². The third-order valence-electron chi connectivity index (χ3n) is 3.61. The molecule has 0 bridgehead atoms. The lowest BCUT2D eigenvalue weighted by Crippen LogP contribution is -2.40. The van der Waals surface area contributed by atoms with Gasteiger partial charge < -0.3 is 4.57 Å². The number of hydrogen-bond donors (Lipinski definition) is 0. The van der Waals surface area contributed by atoms with Crippen molar-refractivity contribution < 1.29 is 16.8 Å². The standard InChI is InChI=1S/C11H18ClN3O4S2/c1-9-13-11(21(12,18)19)8-14(9)6-10-4-3-5-15(7-10)20(2,16)17/h8,10H,3-7H2,1-2H3. The van der Waals surface area contributed by atoms with Gasteiger partial charge in [-0.25, -0.2) is 26.1 Å². The fourth-order valence-corrected chi connectivity index (χ4v) is 4.20. The Kier molecular flexibility index (Phi) is 4.67. The second-order valence-corrected chi connectivity index (χ2v) is 9.84. The van der Waals surface area contributed by atoms with Gasteiger partial charge in [-0.05, 0) is 25.7 Å². The van der Waals surface area contributed by atoms with E-state index in [1.54, 1.807) is 11.5 Å². The molecule has 0 amide bonds. The molecule has 1 fully saturated rings. The average molecular weight is 356 g/mol. The van der Waals surface area contributed by atoms with Gasteiger partial charge in [0.25, 0.3) is 9.05 Å². The monoisotopic (exact) mass is 355 g/mol. The summed E-state index contributed by atoms with van der Waals surface area (Å²) in [4.78, 5) is 3.93. The van der Waals surface area contributed by atoms with E-state index >= 15 is 0 Å². The molecule has 2 heterocycles. The summed E-state index contributed by atoms with van der Waals surface area (Å²) in [6.07, 6.45) is 4.30. The van der Waals surface area contributed by atoms with Crippen LogP contribution in [-0.2, 0) is 25.6 Å². The first kappa shape index (κ1) is 16.7. The van der Waals surface area contributed by atoms with Crippen LogP contribution in [0.4, 0.5) is 0 Å². The Balaban J connectivity index is 2.13. The van der Waals surface area contributed by atoms with E-state index in [0.717, 1.165) is 12.8 Å². The average Bonchev–Trinajstić information content (AvgIpc) is 2.70. The van der Waals surface area contributed by atoms with E-state index in [9.17, 15) is 16.8 Å². The van der Waals surface area contributed by atoms with Gasteiger partial charge >= 0.3 is 0 Å². The van der Waals surface area contributed by atoms with Gasteiger partial charge in [0.2, 0.25) is 10.0 Å². The molecule has 0 radical (unpaired) electrons. The second-order valence-electron chi connectivity index (χ2n) is 5.35. The highest BCUT2D eigenvalue weighted by Crippen LogP contribution is 2.22. The molecule has 7 nitrogen and oxygen atoms in total. The highest BCUT2D eigenvalue weighted by atomic mass is 35.7. The number of piperidine rings is 1. The topological polar surface area (TPSA) is 89.3 Å². The van der Waals surface area contributed by atoms with Crippen molar-refractivity contribution in [2.45, 2.75) is 31.3 Å². The van der Waals surface area contributed by atoms with Crippen molar-refractivity contribution in [3.05, 3.63) is 12.0 Å². The molecule has 1 aromatic heterocycles. The van der Waals surface area contributed by atoms with E-state index in [1.807, 2.05) is 0 Å². The normalized spacial score (nSPS) is 21.6. The molecule has 0 N–H and O–H groups in total. The quantitative estimate of drug-likeness (QED) is 0.745. The highest BCUT2D eigenvalue weighted by molar-refractivity contribution is 8.13. The van der Waals surface area contributed by atoms with Crippen molar-refractivity contribution in [2.24, 2.45) is 5.92 Å². The summed E-state index contributed by atoms with van der Waals surface area (Å²) in [6.45, 7) is 3.21. The van der Waals surface area contributed by atoms with E-state index < -0.39 is 19.1 Å². The fourth-order valence-electron chi connectivity index (χ4n) is 2.54. The van der Waals surface area contributed by atoms with Crippen molar-refractivity contribution in [3.8, 4) is 0 Å². The molecule has 0 aliphatic carbocycles. The lowest BCUT2D eigenvalue weighted by Gasteiger charge is -2.31. The minimum absolute atomic E-state index is 0.132. The first-order valence-electron chi connectivity index (χ1n) is 6.51. The van der Waals surface area contributed by atoms with Crippen LogP contribution in [-0.4, -0.2) is 50.0 Å². The number of nitrogens with zero attached hydrogens (tertiary/aromatic N) is 3. The third-order valence-corrected chi connectivity index (χ3v) is 6.05. The van der Waals surface area contributed by atoms with Crippen molar-refractivity contribution in [2.75, 3.05) is 19.3 Å². The predicted octanol–water partition coefficient (Wildman–Crippen LogP) is 0.791. The minimum atomic E-state index is -3.85. The molecule has 120 valence electrons. The molecule has 21 heavy (non-hydrogen) atoms. The molecule has 0 saturated carbocycles. The van der Waals surface area contributed by atoms with Crippen LogP contribution in [0.5, 0.6) is 0 Å². The lowest BCUT2D eigenvalue weighted by molar-refractivity contribution is 0.245. The molecule has 0 aromatic carbocycles. The Morgan fingerprint density at radius 3 is 2.57 bits per heavy atom. The van der Waals surface area contributed by atoms with Gasteiger partial charge in [-0.3, -0.25) is 0 Å². The molecule has 1 unspecified atom stereocenters. The Hall–Kier alpha value is -0.640. The third kappa shape index (κ3) is 4.18. The molecule has 1 saturated heterocycles. The van der Waals surface area contributed by atoms with Crippen molar-refractivity contribution in [1.82, 2.24) is 13.9 Å². The van der Waals surface area contributed by atoms with Gasteiger partial charge in [0.15, 0.2) is 5.03 Å². The van der Waals surface area contributed by atoms with Gasteiger partial charge in [-0.15, -0.1) is 0 Å². The summed E-state index contributed by atoms with van der Waals surface area (Å²) in [6, 6.07) is 0.